The molecule has 0 saturated carbocycles. The van der Waals surface area contributed by atoms with Crippen molar-refractivity contribution in [1.29, 1.82) is 0 Å². The van der Waals surface area contributed by atoms with Gasteiger partial charge in [-0.25, -0.2) is 4.79 Å². The fourth-order valence-corrected chi connectivity index (χ4v) is 3.65. The monoisotopic (exact) mass is 339 g/mol. The normalized spacial score (nSPS) is 10.6. The number of hydrogen-bond acceptors (Lipinski definition) is 5. The van der Waals surface area contributed by atoms with Crippen LogP contribution in [0.25, 0.3) is 0 Å². The molecule has 4 nitrogen and oxygen atoms in total. The Morgan fingerprint density at radius 2 is 1.74 bits per heavy atom. The zero-order valence-electron chi connectivity index (χ0n) is 14.8. The molecule has 0 aliphatic carbocycles. The van der Waals surface area contributed by atoms with E-state index in [9.17, 15) is 9.59 Å². The summed E-state index contributed by atoms with van der Waals surface area (Å²) in [6.07, 6.45) is 7.35. The van der Waals surface area contributed by atoms with E-state index in [2.05, 4.69) is 12.2 Å². The van der Waals surface area contributed by atoms with Gasteiger partial charge in [0.05, 0.1) is 17.0 Å². The number of carbonyl (C=O) groups is 2. The molecule has 0 amide bonds. The maximum atomic E-state index is 12.2. The van der Waals surface area contributed by atoms with Crippen molar-refractivity contribution >= 4 is 28.1 Å². The Morgan fingerprint density at radius 1 is 1.09 bits per heavy atom. The second-order valence-electron chi connectivity index (χ2n) is 5.73. The highest BCUT2D eigenvalue weighted by Gasteiger charge is 2.23. The first-order valence-corrected chi connectivity index (χ1v) is 9.39. The lowest BCUT2D eigenvalue weighted by Crippen LogP contribution is -2.10. The molecule has 0 atom stereocenters. The number of rotatable bonds is 11. The van der Waals surface area contributed by atoms with E-state index in [-0.39, 0.29) is 11.8 Å². The standard InChI is InChI=1S/C18H29NO3S/c1-5-7-8-9-10-11-12-19-17-15(18(21)22-6-2)13(3)16(23-17)14(4)20/h19H,5-12H2,1-4H3. The van der Waals surface area contributed by atoms with Crippen molar-refractivity contribution in [2.24, 2.45) is 0 Å². The van der Waals surface area contributed by atoms with Gasteiger partial charge in [-0.1, -0.05) is 39.0 Å². The van der Waals surface area contributed by atoms with Crippen LogP contribution < -0.4 is 5.32 Å². The lowest BCUT2D eigenvalue weighted by Gasteiger charge is -2.08. The van der Waals surface area contributed by atoms with Crippen molar-refractivity contribution in [3.8, 4) is 0 Å². The quantitative estimate of drug-likeness (QED) is 0.342. The molecule has 130 valence electrons. The molecule has 0 aliphatic rings. The van der Waals surface area contributed by atoms with Crippen LogP contribution in [0.1, 0.15) is 84.9 Å². The van der Waals surface area contributed by atoms with Gasteiger partial charge in [0.25, 0.3) is 0 Å². The number of unbranched alkanes of at least 4 members (excludes halogenated alkanes) is 5. The molecule has 0 radical (unpaired) electrons. The van der Waals surface area contributed by atoms with Crippen LogP contribution in [0.15, 0.2) is 0 Å². The second-order valence-corrected chi connectivity index (χ2v) is 6.75. The molecule has 0 aromatic carbocycles. The number of hydrogen-bond donors (Lipinski definition) is 1. The molecule has 0 saturated heterocycles. The first-order chi connectivity index (χ1) is 11.0. The minimum absolute atomic E-state index is 0.00864. The van der Waals surface area contributed by atoms with Crippen molar-refractivity contribution in [3.05, 3.63) is 16.0 Å². The summed E-state index contributed by atoms with van der Waals surface area (Å²) in [7, 11) is 0. The Morgan fingerprint density at radius 3 is 2.35 bits per heavy atom. The number of ether oxygens (including phenoxy) is 1. The van der Waals surface area contributed by atoms with Crippen molar-refractivity contribution in [2.75, 3.05) is 18.5 Å². The lowest BCUT2D eigenvalue weighted by molar-refractivity contribution is 0.0527. The van der Waals surface area contributed by atoms with Gasteiger partial charge in [-0.05, 0) is 32.8 Å². The number of nitrogens with one attached hydrogen (secondary N) is 1. The van der Waals surface area contributed by atoms with Crippen LogP contribution >= 0.6 is 11.3 Å². The summed E-state index contributed by atoms with van der Waals surface area (Å²) in [5.74, 6) is -0.357. The molecule has 0 aliphatic heterocycles. The molecule has 0 bridgehead atoms. The summed E-state index contributed by atoms with van der Waals surface area (Å²) in [5, 5.41) is 4.09. The van der Waals surface area contributed by atoms with Crippen LogP contribution in [0.3, 0.4) is 0 Å². The van der Waals surface area contributed by atoms with Gasteiger partial charge in [0.15, 0.2) is 5.78 Å². The van der Waals surface area contributed by atoms with Gasteiger partial charge < -0.3 is 10.1 Å². The predicted molar refractivity (Wildman–Crippen MR) is 96.9 cm³/mol. The van der Waals surface area contributed by atoms with Gasteiger partial charge in [0.1, 0.15) is 5.00 Å². The summed E-state index contributed by atoms with van der Waals surface area (Å²) in [6, 6.07) is 0. The minimum atomic E-state index is -0.348. The molecule has 5 heteroatoms. The first kappa shape index (κ1) is 19.7. The van der Waals surface area contributed by atoms with Gasteiger partial charge in [-0.15, -0.1) is 11.3 Å². The Bertz CT molecular complexity index is 523. The van der Waals surface area contributed by atoms with Crippen molar-refractivity contribution in [1.82, 2.24) is 0 Å². The largest absolute Gasteiger partial charge is 0.462 e. The number of anilines is 1. The Labute approximate surface area is 143 Å². The average molecular weight is 340 g/mol. The summed E-state index contributed by atoms with van der Waals surface area (Å²) in [5.41, 5.74) is 1.25. The van der Waals surface area contributed by atoms with E-state index in [0.29, 0.717) is 17.0 Å². The smallest absolute Gasteiger partial charge is 0.341 e. The van der Waals surface area contributed by atoms with Crippen molar-refractivity contribution < 1.29 is 14.3 Å². The van der Waals surface area contributed by atoms with Crippen molar-refractivity contribution in [2.45, 2.75) is 66.2 Å². The average Bonchev–Trinajstić information content (AvgIpc) is 2.83. The third kappa shape index (κ3) is 5.98. The fraction of sp³-hybridized carbons (Fsp3) is 0.667. The first-order valence-electron chi connectivity index (χ1n) is 8.58. The summed E-state index contributed by atoms with van der Waals surface area (Å²) < 4.78 is 5.13. The number of Topliss-reactive ketones (excluding diaryl/α,β-unsaturated/α-hetero) is 1. The molecular formula is C18H29NO3S. The van der Waals surface area contributed by atoms with Gasteiger partial charge in [0, 0.05) is 6.54 Å². The number of esters is 1. The third-order valence-corrected chi connectivity index (χ3v) is 5.11. The molecule has 1 aromatic heterocycles. The van der Waals surface area contributed by atoms with E-state index in [1.807, 2.05) is 6.92 Å². The maximum Gasteiger partial charge on any atom is 0.341 e. The molecule has 1 heterocycles. The van der Waals surface area contributed by atoms with Crippen LogP contribution in [0.2, 0.25) is 0 Å². The van der Waals surface area contributed by atoms with E-state index in [4.69, 9.17) is 4.74 Å². The molecule has 0 fully saturated rings. The van der Waals surface area contributed by atoms with Gasteiger partial charge in [-0.2, -0.15) is 0 Å². The van der Waals surface area contributed by atoms with E-state index < -0.39 is 0 Å². The summed E-state index contributed by atoms with van der Waals surface area (Å²) in [4.78, 5) is 24.5. The molecule has 1 rings (SSSR count). The summed E-state index contributed by atoms with van der Waals surface area (Å²) >= 11 is 1.36. The third-order valence-electron chi connectivity index (χ3n) is 3.76. The second kappa shape index (κ2) is 10.4. The molecular weight excluding hydrogens is 310 g/mol. The molecule has 0 unspecified atom stereocenters. The predicted octanol–water partition coefficient (Wildman–Crippen LogP) is 5.21. The van der Waals surface area contributed by atoms with E-state index in [1.165, 1.54) is 50.4 Å². The SMILES string of the molecule is CCCCCCCCNc1sc(C(C)=O)c(C)c1C(=O)OCC. The fourth-order valence-electron chi connectivity index (χ4n) is 2.53. The van der Waals surface area contributed by atoms with E-state index in [1.54, 1.807) is 6.92 Å². The maximum absolute atomic E-state index is 12.2. The van der Waals surface area contributed by atoms with Crippen LogP contribution in [0.4, 0.5) is 5.00 Å². The van der Waals surface area contributed by atoms with Gasteiger partial charge >= 0.3 is 5.97 Å². The van der Waals surface area contributed by atoms with E-state index in [0.717, 1.165) is 23.5 Å². The highest BCUT2D eigenvalue weighted by molar-refractivity contribution is 7.18. The van der Waals surface area contributed by atoms with Crippen LogP contribution in [0.5, 0.6) is 0 Å². The van der Waals surface area contributed by atoms with Gasteiger partial charge in [-0.3, -0.25) is 4.79 Å². The number of ketones is 1. The van der Waals surface area contributed by atoms with Crippen molar-refractivity contribution in [3.63, 3.8) is 0 Å². The highest BCUT2D eigenvalue weighted by Crippen LogP contribution is 2.34. The topological polar surface area (TPSA) is 55.4 Å². The number of thiophene rings is 1. The highest BCUT2D eigenvalue weighted by atomic mass is 32.1. The lowest BCUT2D eigenvalue weighted by atomic mass is 10.1. The van der Waals surface area contributed by atoms with E-state index >= 15 is 0 Å². The molecule has 1 N–H and O–H groups in total. The molecule has 23 heavy (non-hydrogen) atoms. The summed E-state index contributed by atoms with van der Waals surface area (Å²) in [6.45, 7) is 8.50. The van der Waals surface area contributed by atoms with Crippen LogP contribution in [-0.2, 0) is 4.74 Å². The Balaban J connectivity index is 2.67. The van der Waals surface area contributed by atoms with Crippen LogP contribution in [0, 0.1) is 6.92 Å². The Kier molecular flexibility index (Phi) is 8.92. The number of carbonyl (C=O) groups excluding carboxylic acids is 2. The zero-order valence-corrected chi connectivity index (χ0v) is 15.6. The molecule has 0 spiro atoms. The van der Waals surface area contributed by atoms with Crippen LogP contribution in [-0.4, -0.2) is 24.9 Å². The van der Waals surface area contributed by atoms with Gasteiger partial charge in [0.2, 0.25) is 0 Å². The Hall–Kier alpha value is -1.36. The minimum Gasteiger partial charge on any atom is -0.462 e. The molecule has 1 aromatic rings. The zero-order chi connectivity index (χ0) is 17.2.